The molecule has 6 heteroatoms. The Bertz CT molecular complexity index is 656. The zero-order chi connectivity index (χ0) is 16.6. The highest BCUT2D eigenvalue weighted by molar-refractivity contribution is 6.07. The number of hydrogen-bond acceptors (Lipinski definition) is 3. The van der Waals surface area contributed by atoms with Crippen LogP contribution in [0.5, 0.6) is 0 Å². The minimum Gasteiger partial charge on any atom is -0.338 e. The molecule has 3 rings (SSSR count). The third-order valence-electron chi connectivity index (χ3n) is 4.70. The van der Waals surface area contributed by atoms with Crippen molar-refractivity contribution in [2.75, 3.05) is 13.1 Å². The number of likely N-dealkylation sites (tertiary alicyclic amines) is 1. The highest BCUT2D eigenvalue weighted by Crippen LogP contribution is 2.25. The first-order chi connectivity index (χ1) is 10.9. The summed E-state index contributed by atoms with van der Waals surface area (Å²) in [6.07, 6.45) is 2.20. The predicted octanol–water partition coefficient (Wildman–Crippen LogP) is 1.61. The summed E-state index contributed by atoms with van der Waals surface area (Å²) in [6.45, 7) is 5.39. The number of hydrogen-bond donors (Lipinski definition) is 2. The monoisotopic (exact) mass is 315 g/mol. The Morgan fingerprint density at radius 3 is 2.52 bits per heavy atom. The molecule has 6 nitrogen and oxygen atoms in total. The van der Waals surface area contributed by atoms with E-state index in [9.17, 15) is 14.4 Å². The Kier molecular flexibility index (Phi) is 3.83. The fourth-order valence-electron chi connectivity index (χ4n) is 3.25. The fraction of sp³-hybridized carbons (Fsp3) is 0.471. The van der Waals surface area contributed by atoms with Gasteiger partial charge >= 0.3 is 6.03 Å². The highest BCUT2D eigenvalue weighted by Gasteiger charge is 2.43. The van der Waals surface area contributed by atoms with Gasteiger partial charge in [-0.2, -0.15) is 0 Å². The second-order valence-corrected chi connectivity index (χ2v) is 6.61. The number of nitrogens with zero attached hydrogens (tertiary/aromatic N) is 1. The van der Waals surface area contributed by atoms with Crippen LogP contribution >= 0.6 is 0 Å². The quantitative estimate of drug-likeness (QED) is 0.814. The van der Waals surface area contributed by atoms with Crippen LogP contribution in [-0.2, 0) is 10.3 Å². The van der Waals surface area contributed by atoms with Gasteiger partial charge in [-0.15, -0.1) is 0 Å². The van der Waals surface area contributed by atoms with Gasteiger partial charge in [0, 0.05) is 18.7 Å². The molecule has 2 fully saturated rings. The van der Waals surface area contributed by atoms with Gasteiger partial charge in [0.1, 0.15) is 5.54 Å². The third kappa shape index (κ3) is 2.81. The van der Waals surface area contributed by atoms with E-state index in [2.05, 4.69) is 17.6 Å². The van der Waals surface area contributed by atoms with E-state index in [1.165, 1.54) is 0 Å². The van der Waals surface area contributed by atoms with Crippen LogP contribution in [0.15, 0.2) is 24.3 Å². The zero-order valence-electron chi connectivity index (χ0n) is 13.4. The number of urea groups is 1. The van der Waals surface area contributed by atoms with Gasteiger partial charge in [-0.1, -0.05) is 19.1 Å². The molecule has 23 heavy (non-hydrogen) atoms. The molecule has 1 aromatic carbocycles. The molecule has 0 saturated carbocycles. The van der Waals surface area contributed by atoms with Gasteiger partial charge in [0.2, 0.25) is 0 Å². The summed E-state index contributed by atoms with van der Waals surface area (Å²) < 4.78 is 0. The molecule has 0 unspecified atom stereocenters. The molecule has 2 aliphatic rings. The summed E-state index contributed by atoms with van der Waals surface area (Å²) in [5.74, 6) is 0.169. The van der Waals surface area contributed by atoms with E-state index in [1.807, 2.05) is 4.90 Å². The van der Waals surface area contributed by atoms with Crippen molar-refractivity contribution in [3.8, 4) is 0 Å². The normalized spacial score (nSPS) is 27.6. The summed E-state index contributed by atoms with van der Waals surface area (Å²) in [6, 6.07) is 6.40. The van der Waals surface area contributed by atoms with Gasteiger partial charge in [0.25, 0.3) is 11.8 Å². The van der Waals surface area contributed by atoms with Crippen LogP contribution in [0.4, 0.5) is 4.79 Å². The maximum atomic E-state index is 12.6. The minimum atomic E-state index is -1.09. The average molecular weight is 315 g/mol. The molecule has 4 amide bonds. The van der Waals surface area contributed by atoms with Crippen LogP contribution in [0.1, 0.15) is 42.6 Å². The SMILES string of the molecule is C[C@H]1CCCN(C(=O)c2ccc([C@@]3(C)NC(=O)NC3=O)cc2)C1. The number of amides is 4. The van der Waals surface area contributed by atoms with Gasteiger partial charge in [0.05, 0.1) is 0 Å². The molecule has 0 bridgehead atoms. The molecule has 0 aromatic heterocycles. The second kappa shape index (κ2) is 5.68. The molecule has 2 heterocycles. The largest absolute Gasteiger partial charge is 0.338 e. The van der Waals surface area contributed by atoms with Gasteiger partial charge in [0.15, 0.2) is 0 Å². The molecule has 2 atom stereocenters. The van der Waals surface area contributed by atoms with Crippen molar-refractivity contribution in [2.45, 2.75) is 32.2 Å². The molecule has 122 valence electrons. The Labute approximate surface area is 135 Å². The Morgan fingerprint density at radius 2 is 1.96 bits per heavy atom. The summed E-state index contributed by atoms with van der Waals surface area (Å²) in [5.41, 5.74) is 0.179. The summed E-state index contributed by atoms with van der Waals surface area (Å²) >= 11 is 0. The lowest BCUT2D eigenvalue weighted by atomic mass is 9.91. The summed E-state index contributed by atoms with van der Waals surface area (Å²) in [5, 5.41) is 4.85. The Morgan fingerprint density at radius 1 is 1.26 bits per heavy atom. The molecule has 0 spiro atoms. The van der Waals surface area contributed by atoms with Crippen molar-refractivity contribution in [1.82, 2.24) is 15.5 Å². The van der Waals surface area contributed by atoms with Crippen LogP contribution in [0.3, 0.4) is 0 Å². The lowest BCUT2D eigenvalue weighted by molar-refractivity contribution is -0.123. The molecule has 2 saturated heterocycles. The number of carbonyl (C=O) groups excluding carboxylic acids is 3. The van der Waals surface area contributed by atoms with E-state index in [4.69, 9.17) is 0 Å². The number of imide groups is 1. The van der Waals surface area contributed by atoms with E-state index in [0.29, 0.717) is 17.0 Å². The molecule has 1 aromatic rings. The Hall–Kier alpha value is -2.37. The highest BCUT2D eigenvalue weighted by atomic mass is 16.2. The van der Waals surface area contributed by atoms with Crippen LogP contribution in [-0.4, -0.2) is 35.8 Å². The van der Waals surface area contributed by atoms with E-state index in [-0.39, 0.29) is 11.8 Å². The standard InChI is InChI=1S/C17H21N3O3/c1-11-4-3-9-20(10-11)14(21)12-5-7-13(8-6-12)17(2)15(22)18-16(23)19-17/h5-8,11H,3-4,9-10H2,1-2H3,(H2,18,19,22,23)/t11-,17+/m0/s1. The maximum absolute atomic E-state index is 12.6. The van der Waals surface area contributed by atoms with Crippen molar-refractivity contribution in [2.24, 2.45) is 5.92 Å². The number of rotatable bonds is 2. The van der Waals surface area contributed by atoms with Crippen molar-refractivity contribution in [3.05, 3.63) is 35.4 Å². The molecule has 0 radical (unpaired) electrons. The van der Waals surface area contributed by atoms with Crippen molar-refractivity contribution >= 4 is 17.8 Å². The van der Waals surface area contributed by atoms with Crippen LogP contribution in [0.2, 0.25) is 0 Å². The summed E-state index contributed by atoms with van der Waals surface area (Å²) in [4.78, 5) is 37.7. The molecule has 2 N–H and O–H groups in total. The molecule has 2 aliphatic heterocycles. The number of benzene rings is 1. The molecular formula is C17H21N3O3. The number of carbonyl (C=O) groups is 3. The number of piperidine rings is 1. The molecular weight excluding hydrogens is 294 g/mol. The van der Waals surface area contributed by atoms with E-state index >= 15 is 0 Å². The van der Waals surface area contributed by atoms with Crippen LogP contribution in [0, 0.1) is 5.92 Å². The first kappa shape index (κ1) is 15.5. The Balaban J connectivity index is 1.78. The smallest absolute Gasteiger partial charge is 0.322 e. The van der Waals surface area contributed by atoms with Gasteiger partial charge in [-0.05, 0) is 43.4 Å². The van der Waals surface area contributed by atoms with Crippen molar-refractivity contribution < 1.29 is 14.4 Å². The third-order valence-corrected chi connectivity index (χ3v) is 4.70. The topological polar surface area (TPSA) is 78.5 Å². The van der Waals surface area contributed by atoms with E-state index in [1.54, 1.807) is 31.2 Å². The van der Waals surface area contributed by atoms with Gasteiger partial charge in [-0.25, -0.2) is 4.79 Å². The zero-order valence-corrected chi connectivity index (χ0v) is 13.4. The first-order valence-corrected chi connectivity index (χ1v) is 7.93. The average Bonchev–Trinajstić information content (AvgIpc) is 2.80. The second-order valence-electron chi connectivity index (χ2n) is 6.61. The van der Waals surface area contributed by atoms with Gasteiger partial charge in [-0.3, -0.25) is 14.9 Å². The van der Waals surface area contributed by atoms with Gasteiger partial charge < -0.3 is 10.2 Å². The van der Waals surface area contributed by atoms with Crippen molar-refractivity contribution in [3.63, 3.8) is 0 Å². The predicted molar refractivity (Wildman–Crippen MR) is 84.8 cm³/mol. The van der Waals surface area contributed by atoms with Crippen LogP contribution < -0.4 is 10.6 Å². The van der Waals surface area contributed by atoms with Crippen molar-refractivity contribution in [1.29, 1.82) is 0 Å². The van der Waals surface area contributed by atoms with E-state index < -0.39 is 11.6 Å². The lowest BCUT2D eigenvalue weighted by Gasteiger charge is -2.31. The minimum absolute atomic E-state index is 0.0214. The lowest BCUT2D eigenvalue weighted by Crippen LogP contribution is -2.41. The first-order valence-electron chi connectivity index (χ1n) is 7.93. The van der Waals surface area contributed by atoms with E-state index in [0.717, 1.165) is 25.9 Å². The summed E-state index contributed by atoms with van der Waals surface area (Å²) in [7, 11) is 0. The molecule has 0 aliphatic carbocycles. The maximum Gasteiger partial charge on any atom is 0.322 e. The fourth-order valence-corrected chi connectivity index (χ4v) is 3.25. The van der Waals surface area contributed by atoms with Crippen LogP contribution in [0.25, 0.3) is 0 Å². The number of nitrogens with one attached hydrogen (secondary N) is 2.